The van der Waals surface area contributed by atoms with Crippen molar-refractivity contribution in [3.05, 3.63) is 128 Å². The first-order chi connectivity index (χ1) is 26.8. The van der Waals surface area contributed by atoms with Crippen LogP contribution in [0, 0.1) is 6.92 Å². The summed E-state index contributed by atoms with van der Waals surface area (Å²) in [5, 5.41) is 15.1. The number of carbonyl (C=O) groups excluding carboxylic acids is 2. The molecule has 2 aromatic carbocycles. The van der Waals surface area contributed by atoms with Crippen molar-refractivity contribution in [2.24, 2.45) is 10.1 Å². The van der Waals surface area contributed by atoms with Crippen molar-refractivity contribution in [2.45, 2.75) is 78.3 Å². The van der Waals surface area contributed by atoms with Gasteiger partial charge in [0.25, 0.3) is 0 Å². The van der Waals surface area contributed by atoms with Crippen LogP contribution < -0.4 is 0 Å². The number of ether oxygens (including phenoxy) is 1. The molecule has 13 heteroatoms. The predicted octanol–water partition coefficient (Wildman–Crippen LogP) is 8.01. The van der Waals surface area contributed by atoms with Crippen molar-refractivity contribution < 1.29 is 19.2 Å². The SMILES string of the molecule is CCOC(=O)CCCCO/N=C(/c1cccnc1)c1cccc(CCCC(=O)N2CCc3c(sc4c3C(c3ccccc3Cl)=NC(C)c3nnc(C)n3-4)C2)c1. The number of pyridine rings is 1. The number of rotatable bonds is 14. The predicted molar refractivity (Wildman–Crippen MR) is 214 cm³/mol. The summed E-state index contributed by atoms with van der Waals surface area (Å²) in [5.41, 5.74) is 7.59. The summed E-state index contributed by atoms with van der Waals surface area (Å²) in [6.45, 7) is 7.77. The van der Waals surface area contributed by atoms with Gasteiger partial charge in [-0.05, 0) is 88.3 Å². The maximum Gasteiger partial charge on any atom is 0.305 e. The number of oxime groups is 1. The number of nitrogens with zero attached hydrogens (tertiary/aromatic N) is 7. The molecule has 5 aromatic rings. The molecule has 1 atom stereocenters. The van der Waals surface area contributed by atoms with Gasteiger partial charge in [-0.15, -0.1) is 21.5 Å². The maximum atomic E-state index is 13.7. The lowest BCUT2D eigenvalue weighted by atomic mass is 9.95. The molecule has 0 bridgehead atoms. The van der Waals surface area contributed by atoms with E-state index in [-0.39, 0.29) is 17.9 Å². The Bertz CT molecular complexity index is 2230. The number of thiophene rings is 1. The summed E-state index contributed by atoms with van der Waals surface area (Å²) >= 11 is 8.46. The molecule has 1 amide bonds. The zero-order chi connectivity index (χ0) is 38.3. The third kappa shape index (κ3) is 8.55. The Morgan fingerprint density at radius 3 is 2.69 bits per heavy atom. The highest BCUT2D eigenvalue weighted by molar-refractivity contribution is 7.15. The number of carbonyl (C=O) groups is 2. The molecule has 284 valence electrons. The Morgan fingerprint density at radius 2 is 1.87 bits per heavy atom. The minimum atomic E-state index is -0.201. The lowest BCUT2D eigenvalue weighted by Crippen LogP contribution is -2.35. The summed E-state index contributed by atoms with van der Waals surface area (Å²) in [6, 6.07) is 19.7. The summed E-state index contributed by atoms with van der Waals surface area (Å²) in [7, 11) is 0. The molecule has 0 spiro atoms. The number of hydrogen-bond acceptors (Lipinski definition) is 10. The second-order valence-electron chi connectivity index (χ2n) is 13.7. The third-order valence-electron chi connectivity index (χ3n) is 9.83. The number of aliphatic imine (C=N–C) groups is 1. The molecule has 0 saturated carbocycles. The van der Waals surface area contributed by atoms with Gasteiger partial charge in [0.15, 0.2) is 5.82 Å². The molecule has 7 rings (SSSR count). The van der Waals surface area contributed by atoms with Crippen molar-refractivity contribution in [2.75, 3.05) is 19.8 Å². The lowest BCUT2D eigenvalue weighted by molar-refractivity contribution is -0.143. The Balaban J connectivity index is 1.02. The van der Waals surface area contributed by atoms with Crippen LogP contribution in [0.15, 0.2) is 83.2 Å². The van der Waals surface area contributed by atoms with E-state index in [9.17, 15) is 9.59 Å². The van der Waals surface area contributed by atoms with Crippen LogP contribution in [0.1, 0.15) is 102 Å². The van der Waals surface area contributed by atoms with E-state index in [1.54, 1.807) is 30.7 Å². The van der Waals surface area contributed by atoms with E-state index in [1.807, 2.05) is 67.3 Å². The Hall–Kier alpha value is -5.20. The molecule has 5 heterocycles. The standard InChI is InChI=1S/C42H44ClN7O4S/c1-4-53-37(52)19-7-8-23-54-48-39(31-15-11-21-44-25-31)30-14-9-12-29(24-30)13-10-18-36(51)49-22-20-33-35(26-49)55-42-38(33)40(32-16-5-6-17-34(32)43)45-27(2)41-47-46-28(3)50(41)42/h5-6,9,11-12,14-17,21,24-25,27H,4,7-8,10,13,18-20,22-23,26H2,1-3H3/b48-39+. The van der Waals surface area contributed by atoms with Gasteiger partial charge in [0.1, 0.15) is 29.2 Å². The van der Waals surface area contributed by atoms with Crippen molar-refractivity contribution in [3.63, 3.8) is 0 Å². The summed E-state index contributed by atoms with van der Waals surface area (Å²) in [4.78, 5) is 43.7. The van der Waals surface area contributed by atoms with Crippen molar-refractivity contribution >= 4 is 46.2 Å². The fraction of sp³-hybridized carbons (Fsp3) is 0.357. The average Bonchev–Trinajstić information content (AvgIpc) is 3.73. The van der Waals surface area contributed by atoms with Crippen LogP contribution in [0.3, 0.4) is 0 Å². The molecule has 0 radical (unpaired) electrons. The average molecular weight is 778 g/mol. The molecular formula is C42H44ClN7O4S. The van der Waals surface area contributed by atoms with Crippen LogP contribution in [-0.4, -0.2) is 67.7 Å². The zero-order valence-corrected chi connectivity index (χ0v) is 32.9. The van der Waals surface area contributed by atoms with Crippen molar-refractivity contribution in [1.29, 1.82) is 0 Å². The van der Waals surface area contributed by atoms with Crippen LogP contribution in [0.25, 0.3) is 5.00 Å². The smallest absolute Gasteiger partial charge is 0.305 e. The van der Waals surface area contributed by atoms with Gasteiger partial charge in [-0.1, -0.05) is 53.2 Å². The third-order valence-corrected chi connectivity index (χ3v) is 11.4. The fourth-order valence-electron chi connectivity index (χ4n) is 7.11. The minimum absolute atomic E-state index is 0.147. The van der Waals surface area contributed by atoms with E-state index in [2.05, 4.69) is 37.0 Å². The van der Waals surface area contributed by atoms with Gasteiger partial charge in [-0.25, -0.2) is 0 Å². The first-order valence-corrected chi connectivity index (χ1v) is 20.0. The molecule has 55 heavy (non-hydrogen) atoms. The van der Waals surface area contributed by atoms with Crippen molar-refractivity contribution in [1.82, 2.24) is 24.6 Å². The number of halogens is 1. The molecule has 3 aromatic heterocycles. The molecule has 0 fully saturated rings. The van der Waals surface area contributed by atoms with Gasteiger partial charge in [0.05, 0.1) is 18.9 Å². The number of esters is 1. The molecule has 0 saturated heterocycles. The van der Waals surface area contributed by atoms with Gasteiger partial charge >= 0.3 is 5.97 Å². The molecule has 0 aliphatic carbocycles. The first kappa shape index (κ1) is 38.1. The molecule has 1 unspecified atom stereocenters. The number of aryl methyl sites for hydroxylation is 2. The number of benzene rings is 2. The van der Waals surface area contributed by atoms with Gasteiger partial charge in [-0.2, -0.15) is 0 Å². The summed E-state index contributed by atoms with van der Waals surface area (Å²) < 4.78 is 7.13. The number of fused-ring (bicyclic) bond motifs is 5. The number of aromatic nitrogens is 4. The summed E-state index contributed by atoms with van der Waals surface area (Å²) in [5.74, 6) is 1.56. The Kier molecular flexibility index (Phi) is 12.1. The van der Waals surface area contributed by atoms with E-state index < -0.39 is 0 Å². The van der Waals surface area contributed by atoms with Gasteiger partial charge < -0.3 is 14.5 Å². The van der Waals surface area contributed by atoms with Crippen molar-refractivity contribution in [3.8, 4) is 5.00 Å². The van der Waals surface area contributed by atoms with Gasteiger partial charge in [-0.3, -0.25) is 24.1 Å². The van der Waals surface area contributed by atoms with E-state index in [4.69, 9.17) is 26.2 Å². The summed E-state index contributed by atoms with van der Waals surface area (Å²) in [6.07, 6.45) is 7.84. The topological polar surface area (TPSA) is 124 Å². The van der Waals surface area contributed by atoms with Crippen LogP contribution in [-0.2, 0) is 38.5 Å². The number of unbranched alkanes of at least 4 members (excludes halogenated alkanes) is 1. The second kappa shape index (κ2) is 17.5. The van der Waals surface area contributed by atoms with Crippen LogP contribution in [0.4, 0.5) is 0 Å². The highest BCUT2D eigenvalue weighted by atomic mass is 35.5. The monoisotopic (exact) mass is 777 g/mol. The maximum absolute atomic E-state index is 13.7. The largest absolute Gasteiger partial charge is 0.466 e. The minimum Gasteiger partial charge on any atom is -0.466 e. The normalized spacial score (nSPS) is 15.1. The quantitative estimate of drug-likeness (QED) is 0.0484. The van der Waals surface area contributed by atoms with E-state index >= 15 is 0 Å². The second-order valence-corrected chi connectivity index (χ2v) is 15.1. The van der Waals surface area contributed by atoms with E-state index in [0.29, 0.717) is 69.1 Å². The Labute approximate surface area is 330 Å². The van der Waals surface area contributed by atoms with E-state index in [1.165, 1.54) is 5.56 Å². The first-order valence-electron chi connectivity index (χ1n) is 18.8. The lowest BCUT2D eigenvalue weighted by Gasteiger charge is -2.28. The van der Waals surface area contributed by atoms with Gasteiger partial charge in [0, 0.05) is 63.9 Å². The zero-order valence-electron chi connectivity index (χ0n) is 31.3. The number of hydrogen-bond donors (Lipinski definition) is 0. The van der Waals surface area contributed by atoms with Crippen LogP contribution in [0.5, 0.6) is 0 Å². The number of amides is 1. The Morgan fingerprint density at radius 1 is 1.02 bits per heavy atom. The highest BCUT2D eigenvalue weighted by Gasteiger charge is 2.34. The molecule has 0 N–H and O–H groups in total. The van der Waals surface area contributed by atoms with Gasteiger partial charge in [0.2, 0.25) is 5.91 Å². The molecule has 2 aliphatic rings. The highest BCUT2D eigenvalue weighted by Crippen LogP contribution is 2.42. The molecular weight excluding hydrogens is 734 g/mol. The van der Waals surface area contributed by atoms with Crippen LogP contribution in [0.2, 0.25) is 5.02 Å². The molecule has 2 aliphatic heterocycles. The van der Waals surface area contributed by atoms with Crippen LogP contribution >= 0.6 is 22.9 Å². The fourth-order valence-corrected chi connectivity index (χ4v) is 8.75. The van der Waals surface area contributed by atoms with E-state index in [0.717, 1.165) is 67.9 Å². The molecule has 11 nitrogen and oxygen atoms in total.